The van der Waals surface area contributed by atoms with Crippen LogP contribution in [0.4, 0.5) is 4.79 Å². The molecule has 5 fully saturated rings. The minimum absolute atomic E-state index is 0.102. The number of hydrogen-bond acceptors (Lipinski definition) is 2. The Balaban J connectivity index is 1.42. The number of likely N-dealkylation sites (tertiary alicyclic amines) is 1. The van der Waals surface area contributed by atoms with Crippen LogP contribution in [0, 0.1) is 23.7 Å². The predicted molar refractivity (Wildman–Crippen MR) is 80.8 cm³/mol. The van der Waals surface area contributed by atoms with E-state index in [4.69, 9.17) is 0 Å². The van der Waals surface area contributed by atoms with Crippen LogP contribution in [0.3, 0.4) is 0 Å². The van der Waals surface area contributed by atoms with Crippen LogP contribution in [-0.4, -0.2) is 40.8 Å². The molecule has 5 aliphatic rings. The van der Waals surface area contributed by atoms with Crippen molar-refractivity contribution in [1.29, 1.82) is 0 Å². The lowest BCUT2D eigenvalue weighted by molar-refractivity contribution is -0.0182. The number of hydrogen-bond donors (Lipinski definition) is 2. The van der Waals surface area contributed by atoms with E-state index in [1.54, 1.807) is 0 Å². The molecule has 2 N–H and O–H groups in total. The molecule has 0 radical (unpaired) electrons. The highest BCUT2D eigenvalue weighted by Crippen LogP contribution is 2.55. The lowest BCUT2D eigenvalue weighted by Gasteiger charge is -2.57. The molecule has 1 heterocycles. The number of carbonyl (C=O) groups is 1. The first-order valence-corrected chi connectivity index (χ1v) is 8.78. The summed E-state index contributed by atoms with van der Waals surface area (Å²) in [6.07, 6.45) is 8.31. The highest BCUT2D eigenvalue weighted by atomic mass is 16.3. The zero-order valence-electron chi connectivity index (χ0n) is 13.1. The second-order valence-corrected chi connectivity index (χ2v) is 8.41. The first kappa shape index (κ1) is 13.9. The summed E-state index contributed by atoms with van der Waals surface area (Å²) in [6, 6.07) is 0.121. The van der Waals surface area contributed by atoms with E-state index in [1.807, 2.05) is 11.8 Å². The Labute approximate surface area is 127 Å². The van der Waals surface area contributed by atoms with Crippen LogP contribution in [0.2, 0.25) is 0 Å². The van der Waals surface area contributed by atoms with Crippen LogP contribution in [0.25, 0.3) is 0 Å². The second kappa shape index (κ2) is 4.87. The quantitative estimate of drug-likeness (QED) is 0.779. The smallest absolute Gasteiger partial charge is 0.317 e. The minimum atomic E-state index is -0.242. The third-order valence-electron chi connectivity index (χ3n) is 6.56. The third-order valence-corrected chi connectivity index (χ3v) is 6.56. The van der Waals surface area contributed by atoms with Gasteiger partial charge >= 0.3 is 6.03 Å². The molecule has 2 amide bonds. The first-order valence-electron chi connectivity index (χ1n) is 8.78. The van der Waals surface area contributed by atoms with Gasteiger partial charge in [0, 0.05) is 18.6 Å². The fourth-order valence-electron chi connectivity index (χ4n) is 5.89. The van der Waals surface area contributed by atoms with Gasteiger partial charge in [-0.25, -0.2) is 4.79 Å². The van der Waals surface area contributed by atoms with E-state index in [9.17, 15) is 9.90 Å². The number of amides is 2. The van der Waals surface area contributed by atoms with Crippen molar-refractivity contribution >= 4 is 6.03 Å². The molecule has 21 heavy (non-hydrogen) atoms. The van der Waals surface area contributed by atoms with E-state index in [0.717, 1.165) is 24.2 Å². The van der Waals surface area contributed by atoms with Crippen LogP contribution in [0.1, 0.15) is 51.9 Å². The molecule has 2 unspecified atom stereocenters. The highest BCUT2D eigenvalue weighted by molar-refractivity contribution is 5.75. The normalized spacial score (nSPS) is 48.5. The van der Waals surface area contributed by atoms with Crippen molar-refractivity contribution in [3.63, 3.8) is 0 Å². The van der Waals surface area contributed by atoms with E-state index < -0.39 is 0 Å². The molecule has 118 valence electrons. The fourth-order valence-corrected chi connectivity index (χ4v) is 5.89. The van der Waals surface area contributed by atoms with Gasteiger partial charge < -0.3 is 15.3 Å². The van der Waals surface area contributed by atoms with E-state index in [1.165, 1.54) is 38.5 Å². The molecule has 1 aliphatic heterocycles. The number of urea groups is 1. The number of aliphatic hydroxyl groups excluding tert-OH is 1. The number of nitrogens with one attached hydrogen (secondary N) is 1. The molecule has 0 aromatic heterocycles. The van der Waals surface area contributed by atoms with Gasteiger partial charge in [0.1, 0.15) is 0 Å². The van der Waals surface area contributed by atoms with Gasteiger partial charge in [-0.05, 0) is 68.6 Å². The maximum absolute atomic E-state index is 12.7. The number of aliphatic hydroxyl groups is 1. The Morgan fingerprint density at radius 3 is 2.24 bits per heavy atom. The Hall–Kier alpha value is -0.770. The molecule has 2 atom stereocenters. The monoisotopic (exact) mass is 292 g/mol. The first-order chi connectivity index (χ1) is 10.0. The van der Waals surface area contributed by atoms with Crippen LogP contribution >= 0.6 is 0 Å². The van der Waals surface area contributed by atoms with Crippen molar-refractivity contribution in [2.24, 2.45) is 23.7 Å². The summed E-state index contributed by atoms with van der Waals surface area (Å²) in [7, 11) is 0. The second-order valence-electron chi connectivity index (χ2n) is 8.41. The molecule has 4 nitrogen and oxygen atoms in total. The lowest BCUT2D eigenvalue weighted by atomic mass is 9.53. The molecule has 5 rings (SSSR count). The van der Waals surface area contributed by atoms with E-state index in [0.29, 0.717) is 13.1 Å². The van der Waals surface area contributed by atoms with Crippen molar-refractivity contribution < 1.29 is 9.90 Å². The zero-order valence-corrected chi connectivity index (χ0v) is 13.1. The average Bonchev–Trinajstić information content (AvgIpc) is 2.39. The summed E-state index contributed by atoms with van der Waals surface area (Å²) in [5.74, 6) is 2.77. The van der Waals surface area contributed by atoms with E-state index in [-0.39, 0.29) is 23.6 Å². The van der Waals surface area contributed by atoms with Gasteiger partial charge in [0.15, 0.2) is 0 Å². The molecular formula is C17H28N2O2. The van der Waals surface area contributed by atoms with Gasteiger partial charge in [0.2, 0.25) is 0 Å². The largest absolute Gasteiger partial charge is 0.393 e. The molecule has 4 aliphatic carbocycles. The Kier molecular flexibility index (Phi) is 3.21. The van der Waals surface area contributed by atoms with Crippen molar-refractivity contribution in [1.82, 2.24) is 10.2 Å². The molecular weight excluding hydrogens is 264 g/mol. The Morgan fingerprint density at radius 1 is 1.14 bits per heavy atom. The van der Waals surface area contributed by atoms with Crippen LogP contribution in [-0.2, 0) is 0 Å². The van der Waals surface area contributed by atoms with Crippen molar-refractivity contribution in [2.75, 3.05) is 13.1 Å². The van der Waals surface area contributed by atoms with Crippen LogP contribution < -0.4 is 5.32 Å². The molecule has 4 saturated carbocycles. The van der Waals surface area contributed by atoms with Gasteiger partial charge in [-0.2, -0.15) is 0 Å². The van der Waals surface area contributed by atoms with Gasteiger partial charge in [-0.15, -0.1) is 0 Å². The minimum Gasteiger partial charge on any atom is -0.393 e. The number of nitrogens with zero attached hydrogens (tertiary/aromatic N) is 1. The molecule has 4 bridgehead atoms. The maximum Gasteiger partial charge on any atom is 0.317 e. The summed E-state index contributed by atoms with van der Waals surface area (Å²) < 4.78 is 0. The number of piperidine rings is 1. The lowest BCUT2D eigenvalue weighted by Crippen LogP contribution is -2.62. The maximum atomic E-state index is 12.7. The van der Waals surface area contributed by atoms with Gasteiger partial charge in [-0.1, -0.05) is 6.92 Å². The standard InChI is InChI=1S/C17H28N2O2/c1-11-10-19(3-2-15(11)20)16(21)18-17-7-12-4-13(8-17)6-14(5-12)9-17/h11-15,20H,2-10H2,1H3,(H,18,21). The van der Waals surface area contributed by atoms with Crippen LogP contribution in [0.5, 0.6) is 0 Å². The average molecular weight is 292 g/mol. The summed E-state index contributed by atoms with van der Waals surface area (Å²) in [6.45, 7) is 3.43. The highest BCUT2D eigenvalue weighted by Gasteiger charge is 2.51. The van der Waals surface area contributed by atoms with Crippen molar-refractivity contribution in [2.45, 2.75) is 63.5 Å². The molecule has 1 saturated heterocycles. The van der Waals surface area contributed by atoms with Crippen molar-refractivity contribution in [3.8, 4) is 0 Å². The van der Waals surface area contributed by atoms with E-state index in [2.05, 4.69) is 5.32 Å². The summed E-state index contributed by atoms with van der Waals surface area (Å²) in [5, 5.41) is 13.3. The zero-order chi connectivity index (χ0) is 14.6. The van der Waals surface area contributed by atoms with E-state index >= 15 is 0 Å². The number of carbonyl (C=O) groups excluding carboxylic acids is 1. The number of rotatable bonds is 1. The fraction of sp³-hybridized carbons (Fsp3) is 0.941. The summed E-state index contributed by atoms with van der Waals surface area (Å²) in [4.78, 5) is 14.6. The molecule has 0 spiro atoms. The predicted octanol–water partition coefficient (Wildman–Crippen LogP) is 2.37. The van der Waals surface area contributed by atoms with Gasteiger partial charge in [0.25, 0.3) is 0 Å². The molecule has 0 aromatic carbocycles. The van der Waals surface area contributed by atoms with Gasteiger partial charge in [0.05, 0.1) is 6.10 Å². The topological polar surface area (TPSA) is 52.6 Å². The Bertz CT molecular complexity index is 401. The van der Waals surface area contributed by atoms with Crippen LogP contribution in [0.15, 0.2) is 0 Å². The molecule has 0 aromatic rings. The molecule has 4 heteroatoms. The van der Waals surface area contributed by atoms with Crippen molar-refractivity contribution in [3.05, 3.63) is 0 Å². The Morgan fingerprint density at radius 2 is 1.71 bits per heavy atom. The van der Waals surface area contributed by atoms with Gasteiger partial charge in [-0.3, -0.25) is 0 Å². The summed E-state index contributed by atoms with van der Waals surface area (Å²) in [5.41, 5.74) is 0.102. The summed E-state index contributed by atoms with van der Waals surface area (Å²) >= 11 is 0. The SMILES string of the molecule is CC1CN(C(=O)NC23CC4CC(CC(C4)C2)C3)CCC1O. The third kappa shape index (κ3) is 2.45.